The highest BCUT2D eigenvalue weighted by molar-refractivity contribution is 5.95. The van der Waals surface area contributed by atoms with Crippen molar-refractivity contribution in [1.29, 1.82) is 0 Å². The smallest absolute Gasteiger partial charge is 0.242 e. The number of carbonyl (C=O) groups is 1. The number of aromatic nitrogens is 2. The molecule has 1 amide bonds. The lowest BCUT2D eigenvalue weighted by atomic mass is 10.0. The first-order valence-electron chi connectivity index (χ1n) is 11.4. The maximum atomic E-state index is 12.9. The number of morpholine rings is 1. The van der Waals surface area contributed by atoms with Crippen molar-refractivity contribution in [1.82, 2.24) is 21.0 Å². The maximum absolute atomic E-state index is 12.9. The van der Waals surface area contributed by atoms with E-state index in [0.29, 0.717) is 25.3 Å². The second-order valence-corrected chi connectivity index (χ2v) is 8.35. The van der Waals surface area contributed by atoms with Gasteiger partial charge in [0.2, 0.25) is 5.91 Å². The van der Waals surface area contributed by atoms with Crippen LogP contribution in [0.25, 0.3) is 11.3 Å². The number of hydrazine groups is 1. The molecule has 2 aliphatic rings. The molecule has 9 nitrogen and oxygen atoms in total. The van der Waals surface area contributed by atoms with Crippen molar-refractivity contribution < 1.29 is 14.3 Å². The number of nitrogens with zero attached hydrogens (tertiary/aromatic N) is 3. The van der Waals surface area contributed by atoms with Crippen LogP contribution in [-0.4, -0.2) is 55.6 Å². The van der Waals surface area contributed by atoms with Gasteiger partial charge in [0, 0.05) is 30.4 Å². The van der Waals surface area contributed by atoms with E-state index in [9.17, 15) is 4.79 Å². The van der Waals surface area contributed by atoms with Crippen LogP contribution in [0, 0.1) is 0 Å². The van der Waals surface area contributed by atoms with E-state index in [1.807, 2.05) is 60.7 Å². The van der Waals surface area contributed by atoms with Gasteiger partial charge in [-0.2, -0.15) is 0 Å². The monoisotopic (exact) mass is 460 g/mol. The quantitative estimate of drug-likeness (QED) is 0.516. The Hall–Kier alpha value is -3.53. The molecule has 2 unspecified atom stereocenters. The van der Waals surface area contributed by atoms with Gasteiger partial charge < -0.3 is 19.7 Å². The Morgan fingerprint density at radius 3 is 2.71 bits per heavy atom. The Bertz CT molecular complexity index is 1130. The van der Waals surface area contributed by atoms with Crippen molar-refractivity contribution in [2.24, 2.45) is 0 Å². The molecule has 34 heavy (non-hydrogen) atoms. The Morgan fingerprint density at radius 2 is 1.91 bits per heavy atom. The number of amides is 1. The molecule has 0 spiro atoms. The summed E-state index contributed by atoms with van der Waals surface area (Å²) in [5.41, 5.74) is 9.76. The number of anilines is 2. The van der Waals surface area contributed by atoms with Crippen LogP contribution in [0.4, 0.5) is 11.5 Å². The summed E-state index contributed by atoms with van der Waals surface area (Å²) in [6, 6.07) is 19.1. The minimum atomic E-state index is -0.354. The molecule has 0 saturated carbocycles. The van der Waals surface area contributed by atoms with E-state index in [0.717, 1.165) is 41.5 Å². The fourth-order valence-corrected chi connectivity index (χ4v) is 4.23. The normalized spacial score (nSPS) is 20.2. The standard InChI is InChI=1S/C25H28N6O3/c1-33-20-7-3-5-18(15-20)22-16-23(29-28-22)25(32)26-19-6-2-4-17(14-19)21-8-9-24(30-27-21)31-10-12-34-13-11-31/h2-9,14-15,22-23,28-29H,10-13,16H2,1H3,(H,26,32). The molecule has 2 aliphatic heterocycles. The minimum Gasteiger partial charge on any atom is -0.497 e. The number of carbonyl (C=O) groups excluding carboxylic acids is 1. The molecule has 5 rings (SSSR count). The lowest BCUT2D eigenvalue weighted by Crippen LogP contribution is -2.39. The predicted molar refractivity (Wildman–Crippen MR) is 130 cm³/mol. The van der Waals surface area contributed by atoms with Crippen LogP contribution in [0.2, 0.25) is 0 Å². The third-order valence-electron chi connectivity index (χ3n) is 6.13. The molecule has 2 fully saturated rings. The van der Waals surface area contributed by atoms with Gasteiger partial charge in [-0.05, 0) is 48.4 Å². The zero-order chi connectivity index (χ0) is 23.3. The van der Waals surface area contributed by atoms with Crippen LogP contribution < -0.4 is 25.8 Å². The van der Waals surface area contributed by atoms with E-state index in [4.69, 9.17) is 9.47 Å². The molecule has 176 valence electrons. The van der Waals surface area contributed by atoms with E-state index in [2.05, 4.69) is 31.3 Å². The lowest BCUT2D eigenvalue weighted by molar-refractivity contribution is -0.117. The summed E-state index contributed by atoms with van der Waals surface area (Å²) < 4.78 is 10.7. The third kappa shape index (κ3) is 5.01. The van der Waals surface area contributed by atoms with Crippen LogP contribution in [0.15, 0.2) is 60.7 Å². The highest BCUT2D eigenvalue weighted by atomic mass is 16.5. The zero-order valence-electron chi connectivity index (χ0n) is 19.0. The average Bonchev–Trinajstić information content (AvgIpc) is 3.40. The summed E-state index contributed by atoms with van der Waals surface area (Å²) in [5.74, 6) is 1.55. The molecule has 1 aromatic heterocycles. The lowest BCUT2D eigenvalue weighted by Gasteiger charge is -2.27. The summed E-state index contributed by atoms with van der Waals surface area (Å²) >= 11 is 0. The van der Waals surface area contributed by atoms with Gasteiger partial charge in [-0.1, -0.05) is 24.3 Å². The number of benzene rings is 2. The van der Waals surface area contributed by atoms with Gasteiger partial charge in [0.15, 0.2) is 5.82 Å². The number of nitrogens with one attached hydrogen (secondary N) is 3. The molecule has 3 heterocycles. The van der Waals surface area contributed by atoms with Gasteiger partial charge in [-0.15, -0.1) is 10.2 Å². The molecule has 0 aliphatic carbocycles. The summed E-state index contributed by atoms with van der Waals surface area (Å²) in [4.78, 5) is 15.1. The van der Waals surface area contributed by atoms with Gasteiger partial charge in [0.1, 0.15) is 11.8 Å². The number of ether oxygens (including phenoxy) is 2. The Kier molecular flexibility index (Phi) is 6.66. The second kappa shape index (κ2) is 10.2. The maximum Gasteiger partial charge on any atom is 0.242 e. The molecule has 2 atom stereocenters. The SMILES string of the molecule is COc1cccc(C2CC(C(=O)Nc3cccc(-c4ccc(N5CCOCC5)nn4)c3)NN2)c1. The van der Waals surface area contributed by atoms with Gasteiger partial charge in [-0.25, -0.2) is 10.9 Å². The van der Waals surface area contributed by atoms with E-state index < -0.39 is 0 Å². The van der Waals surface area contributed by atoms with E-state index in [1.54, 1.807) is 7.11 Å². The second-order valence-electron chi connectivity index (χ2n) is 8.35. The molecule has 9 heteroatoms. The van der Waals surface area contributed by atoms with Crippen molar-refractivity contribution in [3.63, 3.8) is 0 Å². The molecular formula is C25H28N6O3. The molecule has 2 saturated heterocycles. The van der Waals surface area contributed by atoms with E-state index in [-0.39, 0.29) is 18.0 Å². The summed E-state index contributed by atoms with van der Waals surface area (Å²) in [5, 5.41) is 11.8. The molecule has 0 radical (unpaired) electrons. The summed E-state index contributed by atoms with van der Waals surface area (Å²) in [7, 11) is 1.65. The fourth-order valence-electron chi connectivity index (χ4n) is 4.23. The number of methoxy groups -OCH3 is 1. The Morgan fingerprint density at radius 1 is 1.06 bits per heavy atom. The molecular weight excluding hydrogens is 432 g/mol. The van der Waals surface area contributed by atoms with Gasteiger partial charge in [0.25, 0.3) is 0 Å². The summed E-state index contributed by atoms with van der Waals surface area (Å²) in [6.45, 7) is 3.05. The Labute approximate surface area is 198 Å². The number of hydrogen-bond donors (Lipinski definition) is 3. The van der Waals surface area contributed by atoms with Crippen molar-refractivity contribution in [2.45, 2.75) is 18.5 Å². The molecule has 3 aromatic rings. The predicted octanol–water partition coefficient (Wildman–Crippen LogP) is 2.54. The van der Waals surface area contributed by atoms with E-state index in [1.165, 1.54) is 0 Å². The van der Waals surface area contributed by atoms with Gasteiger partial charge >= 0.3 is 0 Å². The fraction of sp³-hybridized carbons (Fsp3) is 0.320. The highest BCUT2D eigenvalue weighted by Crippen LogP contribution is 2.27. The van der Waals surface area contributed by atoms with Crippen molar-refractivity contribution in [3.05, 3.63) is 66.2 Å². The minimum absolute atomic E-state index is 0.0254. The first-order valence-corrected chi connectivity index (χ1v) is 11.4. The first kappa shape index (κ1) is 22.3. The topological polar surface area (TPSA) is 101 Å². The Balaban J connectivity index is 1.22. The van der Waals surface area contributed by atoms with Crippen LogP contribution in [0.3, 0.4) is 0 Å². The van der Waals surface area contributed by atoms with E-state index >= 15 is 0 Å². The largest absolute Gasteiger partial charge is 0.497 e. The average molecular weight is 461 g/mol. The van der Waals surface area contributed by atoms with Crippen molar-refractivity contribution in [3.8, 4) is 17.0 Å². The molecule has 0 bridgehead atoms. The van der Waals surface area contributed by atoms with Crippen molar-refractivity contribution >= 4 is 17.4 Å². The number of rotatable bonds is 6. The van der Waals surface area contributed by atoms with Crippen molar-refractivity contribution in [2.75, 3.05) is 43.6 Å². The van der Waals surface area contributed by atoms with Crippen LogP contribution >= 0.6 is 0 Å². The zero-order valence-corrected chi connectivity index (χ0v) is 19.0. The highest BCUT2D eigenvalue weighted by Gasteiger charge is 2.30. The number of hydrogen-bond acceptors (Lipinski definition) is 8. The van der Waals surface area contributed by atoms with Crippen LogP contribution in [-0.2, 0) is 9.53 Å². The van der Waals surface area contributed by atoms with Crippen LogP contribution in [0.5, 0.6) is 5.75 Å². The van der Waals surface area contributed by atoms with Crippen LogP contribution in [0.1, 0.15) is 18.0 Å². The molecule has 2 aromatic carbocycles. The summed E-state index contributed by atoms with van der Waals surface area (Å²) in [6.07, 6.45) is 0.632. The molecule has 3 N–H and O–H groups in total. The first-order chi connectivity index (χ1) is 16.7. The third-order valence-corrected chi connectivity index (χ3v) is 6.13. The van der Waals surface area contributed by atoms with Gasteiger partial charge in [0.05, 0.1) is 26.0 Å². The van der Waals surface area contributed by atoms with Gasteiger partial charge in [-0.3, -0.25) is 4.79 Å².